The van der Waals surface area contributed by atoms with E-state index in [-0.39, 0.29) is 6.04 Å². The number of aryl methyl sites for hydroxylation is 5. The zero-order valence-corrected chi connectivity index (χ0v) is 13.7. The fourth-order valence-corrected chi connectivity index (χ4v) is 3.22. The van der Waals surface area contributed by atoms with Crippen molar-refractivity contribution in [2.24, 2.45) is 5.84 Å². The van der Waals surface area contributed by atoms with E-state index in [1.165, 1.54) is 38.9 Å². The predicted octanol–water partition coefficient (Wildman–Crippen LogP) is 3.98. The van der Waals surface area contributed by atoms with E-state index in [4.69, 9.17) is 5.84 Å². The molecule has 0 aliphatic rings. The molecule has 0 aliphatic carbocycles. The molecule has 1 unspecified atom stereocenters. The van der Waals surface area contributed by atoms with Crippen molar-refractivity contribution in [2.45, 2.75) is 47.1 Å². The molecule has 2 rings (SSSR count). The SMILES string of the molecule is Cc1cc(C)cc(C(Cc2c(C)cc(C)cc2C)NN)c1. The van der Waals surface area contributed by atoms with Crippen LogP contribution in [0.5, 0.6) is 0 Å². The molecule has 21 heavy (non-hydrogen) atoms. The molecular formula is C19H26N2. The minimum Gasteiger partial charge on any atom is -0.271 e. The predicted molar refractivity (Wildman–Crippen MR) is 90.3 cm³/mol. The van der Waals surface area contributed by atoms with Gasteiger partial charge in [0.1, 0.15) is 0 Å². The molecule has 0 bridgehead atoms. The average Bonchev–Trinajstić information content (AvgIpc) is 2.36. The summed E-state index contributed by atoms with van der Waals surface area (Å²) < 4.78 is 0. The lowest BCUT2D eigenvalue weighted by atomic mass is 9.91. The van der Waals surface area contributed by atoms with Crippen LogP contribution in [0, 0.1) is 34.6 Å². The molecule has 112 valence electrons. The van der Waals surface area contributed by atoms with Gasteiger partial charge < -0.3 is 0 Å². The lowest BCUT2D eigenvalue weighted by molar-refractivity contribution is 0.549. The topological polar surface area (TPSA) is 38.0 Å². The molecule has 0 aromatic heterocycles. The molecule has 1 atom stereocenters. The summed E-state index contributed by atoms with van der Waals surface area (Å²) in [7, 11) is 0. The van der Waals surface area contributed by atoms with Crippen LogP contribution in [0.4, 0.5) is 0 Å². The van der Waals surface area contributed by atoms with E-state index in [1.54, 1.807) is 0 Å². The van der Waals surface area contributed by atoms with Crippen molar-refractivity contribution in [2.75, 3.05) is 0 Å². The Labute approximate surface area is 128 Å². The Morgan fingerprint density at radius 3 is 1.76 bits per heavy atom. The highest BCUT2D eigenvalue weighted by atomic mass is 15.2. The van der Waals surface area contributed by atoms with Gasteiger partial charge in [0.05, 0.1) is 6.04 Å². The van der Waals surface area contributed by atoms with Crippen LogP contribution in [-0.2, 0) is 6.42 Å². The summed E-state index contributed by atoms with van der Waals surface area (Å²) in [5.74, 6) is 5.83. The molecule has 0 saturated heterocycles. The molecule has 0 spiro atoms. The van der Waals surface area contributed by atoms with Gasteiger partial charge >= 0.3 is 0 Å². The van der Waals surface area contributed by atoms with Crippen LogP contribution in [-0.4, -0.2) is 0 Å². The maximum absolute atomic E-state index is 5.83. The van der Waals surface area contributed by atoms with Gasteiger partial charge in [-0.2, -0.15) is 0 Å². The quantitative estimate of drug-likeness (QED) is 0.657. The van der Waals surface area contributed by atoms with Crippen molar-refractivity contribution in [3.63, 3.8) is 0 Å². The third kappa shape index (κ3) is 3.72. The molecular weight excluding hydrogens is 256 g/mol. The first-order valence-corrected chi connectivity index (χ1v) is 7.51. The van der Waals surface area contributed by atoms with Gasteiger partial charge in [0.25, 0.3) is 0 Å². The van der Waals surface area contributed by atoms with Crippen LogP contribution in [0.2, 0.25) is 0 Å². The Balaban J connectivity index is 2.35. The Morgan fingerprint density at radius 2 is 1.29 bits per heavy atom. The molecule has 3 N–H and O–H groups in total. The summed E-state index contributed by atoms with van der Waals surface area (Å²) in [5, 5.41) is 0. The fraction of sp³-hybridized carbons (Fsp3) is 0.368. The van der Waals surface area contributed by atoms with Gasteiger partial charge in [-0.3, -0.25) is 11.3 Å². The third-order valence-corrected chi connectivity index (χ3v) is 4.10. The lowest BCUT2D eigenvalue weighted by Crippen LogP contribution is -2.30. The highest BCUT2D eigenvalue weighted by Crippen LogP contribution is 2.25. The smallest absolute Gasteiger partial charge is 0.0500 e. The molecule has 2 aromatic rings. The van der Waals surface area contributed by atoms with Gasteiger partial charge in [-0.15, -0.1) is 0 Å². The molecule has 2 heteroatoms. The van der Waals surface area contributed by atoms with Crippen molar-refractivity contribution in [3.05, 3.63) is 69.3 Å². The zero-order valence-electron chi connectivity index (χ0n) is 13.7. The normalized spacial score (nSPS) is 12.5. The van der Waals surface area contributed by atoms with Crippen LogP contribution in [0.15, 0.2) is 30.3 Å². The first kappa shape index (κ1) is 15.7. The number of nitrogens with one attached hydrogen (secondary N) is 1. The second kappa shape index (κ2) is 6.42. The summed E-state index contributed by atoms with van der Waals surface area (Å²) in [6.45, 7) is 10.8. The molecule has 0 saturated carbocycles. The van der Waals surface area contributed by atoms with Gasteiger partial charge in [0.2, 0.25) is 0 Å². The van der Waals surface area contributed by atoms with Crippen LogP contribution in [0.25, 0.3) is 0 Å². The van der Waals surface area contributed by atoms with E-state index in [0.717, 1.165) is 6.42 Å². The number of rotatable bonds is 4. The van der Waals surface area contributed by atoms with Crippen molar-refractivity contribution in [3.8, 4) is 0 Å². The van der Waals surface area contributed by atoms with Gasteiger partial charge in [-0.05, 0) is 63.3 Å². The monoisotopic (exact) mass is 282 g/mol. The van der Waals surface area contributed by atoms with Crippen molar-refractivity contribution < 1.29 is 0 Å². The van der Waals surface area contributed by atoms with Crippen molar-refractivity contribution >= 4 is 0 Å². The van der Waals surface area contributed by atoms with E-state index in [0.29, 0.717) is 0 Å². The van der Waals surface area contributed by atoms with Crippen LogP contribution >= 0.6 is 0 Å². The zero-order chi connectivity index (χ0) is 15.6. The molecule has 0 aliphatic heterocycles. The number of hydrazine groups is 1. The van der Waals surface area contributed by atoms with Gasteiger partial charge in [-0.1, -0.05) is 47.0 Å². The Kier molecular flexibility index (Phi) is 4.81. The maximum atomic E-state index is 5.83. The number of hydrogen-bond acceptors (Lipinski definition) is 2. The van der Waals surface area contributed by atoms with E-state index < -0.39 is 0 Å². The van der Waals surface area contributed by atoms with E-state index in [2.05, 4.69) is 70.4 Å². The van der Waals surface area contributed by atoms with Gasteiger partial charge in [0.15, 0.2) is 0 Å². The summed E-state index contributed by atoms with van der Waals surface area (Å²) in [6, 6.07) is 11.3. The largest absolute Gasteiger partial charge is 0.271 e. The van der Waals surface area contributed by atoms with Gasteiger partial charge in [-0.25, -0.2) is 0 Å². The third-order valence-electron chi connectivity index (χ3n) is 4.10. The maximum Gasteiger partial charge on any atom is 0.0500 e. The Morgan fingerprint density at radius 1 is 0.810 bits per heavy atom. The molecule has 0 radical (unpaired) electrons. The Hall–Kier alpha value is -1.64. The molecule has 2 aromatic carbocycles. The fourth-order valence-electron chi connectivity index (χ4n) is 3.22. The van der Waals surface area contributed by atoms with Crippen LogP contribution in [0.3, 0.4) is 0 Å². The van der Waals surface area contributed by atoms with E-state index in [1.807, 2.05) is 0 Å². The molecule has 0 amide bonds. The highest BCUT2D eigenvalue weighted by molar-refractivity contribution is 5.39. The van der Waals surface area contributed by atoms with Crippen LogP contribution in [0.1, 0.15) is 45.0 Å². The van der Waals surface area contributed by atoms with Gasteiger partial charge in [0, 0.05) is 0 Å². The second-order valence-electron chi connectivity index (χ2n) is 6.22. The van der Waals surface area contributed by atoms with Crippen molar-refractivity contribution in [1.82, 2.24) is 5.43 Å². The van der Waals surface area contributed by atoms with E-state index >= 15 is 0 Å². The number of hydrogen-bond donors (Lipinski definition) is 2. The first-order chi connectivity index (χ1) is 9.90. The summed E-state index contributed by atoms with van der Waals surface area (Å²) in [4.78, 5) is 0. The Bertz CT molecular complexity index is 601. The average molecular weight is 282 g/mol. The second-order valence-corrected chi connectivity index (χ2v) is 6.22. The standard InChI is InChI=1S/C19H26N2/c1-12-6-13(2)10-17(9-12)19(21-20)11-18-15(4)7-14(3)8-16(18)5/h6-10,19,21H,11,20H2,1-5H3. The summed E-state index contributed by atoms with van der Waals surface area (Å²) in [5.41, 5.74) is 12.2. The molecule has 2 nitrogen and oxygen atoms in total. The number of nitrogens with two attached hydrogens (primary N) is 1. The first-order valence-electron chi connectivity index (χ1n) is 7.51. The van der Waals surface area contributed by atoms with E-state index in [9.17, 15) is 0 Å². The molecule has 0 heterocycles. The minimum atomic E-state index is 0.142. The van der Waals surface area contributed by atoms with Crippen molar-refractivity contribution in [1.29, 1.82) is 0 Å². The molecule has 0 fully saturated rings. The lowest BCUT2D eigenvalue weighted by Gasteiger charge is -2.20. The minimum absolute atomic E-state index is 0.142. The van der Waals surface area contributed by atoms with Crippen LogP contribution < -0.4 is 11.3 Å². The summed E-state index contributed by atoms with van der Waals surface area (Å²) in [6.07, 6.45) is 0.914. The summed E-state index contributed by atoms with van der Waals surface area (Å²) >= 11 is 0. The number of benzene rings is 2. The highest BCUT2D eigenvalue weighted by Gasteiger charge is 2.14.